The first-order valence-corrected chi connectivity index (χ1v) is 24.3. The third-order valence-corrected chi connectivity index (χ3v) is 19.8. The Labute approximate surface area is 261 Å². The summed E-state index contributed by atoms with van der Waals surface area (Å²) in [6, 6.07) is 20.4. The fourth-order valence-corrected chi connectivity index (χ4v) is 19.0. The van der Waals surface area contributed by atoms with E-state index in [-0.39, 0.29) is 37.7 Å². The molecule has 1 aromatic heterocycles. The number of hydrogen-bond donors (Lipinski definition) is 0. The summed E-state index contributed by atoms with van der Waals surface area (Å²) in [5.74, 6) is 0. The van der Waals surface area contributed by atoms with E-state index in [9.17, 15) is 0 Å². The van der Waals surface area contributed by atoms with Gasteiger partial charge >= 0.3 is 37.7 Å². The molecule has 1 aliphatic rings. The SMILES string of the molecule is CCCC[Si]1(CCCC)c2cc[c-]c3c4[c-]cc([Si](C)(C)C)c5sc6c([Si](C)(C)C)cc1c(c23)c6c54.[Li+].[Li+]. The molecule has 0 nitrogen and oxygen atoms in total. The second-order valence-corrected chi connectivity index (χ2v) is 28.7. The normalized spacial score (nSPS) is 14.7. The molecule has 5 aromatic rings. The van der Waals surface area contributed by atoms with Gasteiger partial charge in [-0.15, -0.1) is 27.2 Å². The van der Waals surface area contributed by atoms with Crippen molar-refractivity contribution < 1.29 is 37.7 Å². The summed E-state index contributed by atoms with van der Waals surface area (Å²) in [4.78, 5) is 0. The van der Waals surface area contributed by atoms with Gasteiger partial charge in [-0.1, -0.05) is 118 Å². The number of fused-ring (bicyclic) bond motifs is 1. The van der Waals surface area contributed by atoms with Gasteiger partial charge in [0.2, 0.25) is 0 Å². The Kier molecular flexibility index (Phi) is 8.50. The van der Waals surface area contributed by atoms with Gasteiger partial charge in [-0.25, -0.2) is 10.8 Å². The smallest absolute Gasteiger partial charge is 0.218 e. The van der Waals surface area contributed by atoms with Gasteiger partial charge in [-0.05, 0) is 5.19 Å². The quantitative estimate of drug-likeness (QED) is 0.156. The monoisotopic (exact) mass is 554 g/mol. The molecule has 188 valence electrons. The van der Waals surface area contributed by atoms with Crippen molar-refractivity contribution >= 4 is 98.0 Å². The Bertz CT molecular complexity index is 1630. The number of benzene rings is 4. The molecule has 0 fully saturated rings. The Hall–Kier alpha value is -0.275. The molecule has 6 heteroatoms. The van der Waals surface area contributed by atoms with Gasteiger partial charge in [-0.3, -0.25) is 0 Å². The molecule has 0 N–H and O–H groups in total. The van der Waals surface area contributed by atoms with Gasteiger partial charge in [0.05, 0.1) is 16.1 Å². The summed E-state index contributed by atoms with van der Waals surface area (Å²) in [5.41, 5.74) is 0. The fraction of sp³-hybridized carbons (Fsp3) is 0.438. The number of unbranched alkanes of at least 4 members (excludes halogenated alkanes) is 2. The molecular formula is C32H40Li2SSi3. The second kappa shape index (κ2) is 10.5. The molecule has 0 aliphatic carbocycles. The minimum absolute atomic E-state index is 0. The van der Waals surface area contributed by atoms with Crippen molar-refractivity contribution in [3.05, 3.63) is 36.4 Å². The van der Waals surface area contributed by atoms with E-state index in [0.717, 1.165) is 0 Å². The molecule has 0 unspecified atom stereocenters. The maximum atomic E-state index is 3.87. The van der Waals surface area contributed by atoms with E-state index in [2.05, 4.69) is 101 Å². The van der Waals surface area contributed by atoms with Gasteiger partial charge in [-0.2, -0.15) is 35.6 Å². The van der Waals surface area contributed by atoms with Crippen LogP contribution in [0.2, 0.25) is 51.4 Å². The Morgan fingerprint density at radius 2 is 1.29 bits per heavy atom. The van der Waals surface area contributed by atoms with E-state index >= 15 is 0 Å². The molecule has 6 rings (SSSR count). The third-order valence-electron chi connectivity index (χ3n) is 8.87. The fourth-order valence-electron chi connectivity index (χ4n) is 7.05. The summed E-state index contributed by atoms with van der Waals surface area (Å²) in [6.45, 7) is 20.0. The minimum Gasteiger partial charge on any atom is -0.218 e. The zero-order chi connectivity index (χ0) is 25.6. The summed E-state index contributed by atoms with van der Waals surface area (Å²) in [7, 11) is -4.91. The van der Waals surface area contributed by atoms with Crippen molar-refractivity contribution in [3.8, 4) is 0 Å². The van der Waals surface area contributed by atoms with Gasteiger partial charge in [0.1, 0.15) is 0 Å². The Morgan fingerprint density at radius 1 is 0.711 bits per heavy atom. The van der Waals surface area contributed by atoms with E-state index in [1.165, 1.54) is 53.9 Å². The van der Waals surface area contributed by atoms with Crippen LogP contribution in [-0.4, -0.2) is 24.2 Å². The molecule has 1 aliphatic heterocycles. The van der Waals surface area contributed by atoms with Gasteiger partial charge in [0.15, 0.2) is 0 Å². The largest absolute Gasteiger partial charge is 1.00 e. The molecule has 0 radical (unpaired) electrons. The molecule has 0 atom stereocenters. The van der Waals surface area contributed by atoms with Crippen LogP contribution in [0.4, 0.5) is 0 Å². The van der Waals surface area contributed by atoms with E-state index in [4.69, 9.17) is 0 Å². The van der Waals surface area contributed by atoms with Crippen LogP contribution in [-0.2, 0) is 0 Å². The first kappa shape index (κ1) is 30.7. The van der Waals surface area contributed by atoms with Crippen LogP contribution in [0, 0.1) is 12.1 Å². The second-order valence-electron chi connectivity index (χ2n) is 13.4. The van der Waals surface area contributed by atoms with Crippen molar-refractivity contribution in [1.29, 1.82) is 0 Å². The molecule has 0 bridgehead atoms. The Balaban J connectivity index is 0.00000168. The summed E-state index contributed by atoms with van der Waals surface area (Å²) < 4.78 is 3.18. The zero-order valence-electron chi connectivity index (χ0n) is 25.5. The molecule has 0 spiro atoms. The summed E-state index contributed by atoms with van der Waals surface area (Å²) in [6.07, 6.45) is 5.27. The molecule has 0 saturated heterocycles. The molecular weight excluding hydrogens is 515 g/mol. The number of thiophene rings is 1. The molecule has 38 heavy (non-hydrogen) atoms. The summed E-state index contributed by atoms with van der Waals surface area (Å²) >= 11 is 2.13. The molecule has 4 aromatic carbocycles. The van der Waals surface area contributed by atoms with Crippen LogP contribution in [0.5, 0.6) is 0 Å². The molecule has 0 saturated carbocycles. The Morgan fingerprint density at radius 3 is 1.87 bits per heavy atom. The van der Waals surface area contributed by atoms with Crippen LogP contribution >= 0.6 is 11.3 Å². The van der Waals surface area contributed by atoms with Crippen LogP contribution < -0.4 is 58.5 Å². The first-order chi connectivity index (χ1) is 17.0. The van der Waals surface area contributed by atoms with Crippen molar-refractivity contribution in [3.63, 3.8) is 0 Å². The van der Waals surface area contributed by atoms with Gasteiger partial charge < -0.3 is 0 Å². The average molecular weight is 555 g/mol. The zero-order valence-corrected chi connectivity index (χ0v) is 29.3. The molecule has 0 amide bonds. The van der Waals surface area contributed by atoms with Crippen LogP contribution in [0.3, 0.4) is 0 Å². The van der Waals surface area contributed by atoms with Crippen LogP contribution in [0.25, 0.3) is 41.7 Å². The number of rotatable bonds is 8. The predicted octanol–water partition coefficient (Wildman–Crippen LogP) is 1.97. The average Bonchev–Trinajstić information content (AvgIpc) is 3.33. The predicted molar refractivity (Wildman–Crippen MR) is 174 cm³/mol. The van der Waals surface area contributed by atoms with E-state index in [1.54, 1.807) is 46.3 Å². The molecule has 2 heterocycles. The van der Waals surface area contributed by atoms with Crippen molar-refractivity contribution in [2.75, 3.05) is 0 Å². The topological polar surface area (TPSA) is 0 Å². The summed E-state index contributed by atoms with van der Waals surface area (Å²) in [5, 5.41) is 15.9. The van der Waals surface area contributed by atoms with Crippen molar-refractivity contribution in [1.82, 2.24) is 0 Å². The first-order valence-electron chi connectivity index (χ1n) is 14.1. The van der Waals surface area contributed by atoms with Gasteiger partial charge in [0, 0.05) is 12.8 Å². The maximum absolute atomic E-state index is 3.87. The minimum atomic E-state index is -1.85. The van der Waals surface area contributed by atoms with Gasteiger partial charge in [0.25, 0.3) is 0 Å². The number of hydrogen-bond acceptors (Lipinski definition) is 1. The van der Waals surface area contributed by atoms with Crippen molar-refractivity contribution in [2.45, 2.75) is 90.9 Å². The van der Waals surface area contributed by atoms with Crippen LogP contribution in [0.1, 0.15) is 39.5 Å². The maximum Gasteiger partial charge on any atom is 1.00 e. The van der Waals surface area contributed by atoms with E-state index in [0.29, 0.717) is 0 Å². The third kappa shape index (κ3) is 4.25. The van der Waals surface area contributed by atoms with E-state index < -0.39 is 24.2 Å². The van der Waals surface area contributed by atoms with E-state index in [1.807, 2.05) is 0 Å². The van der Waals surface area contributed by atoms with Crippen LogP contribution in [0.15, 0.2) is 24.3 Å². The standard InChI is InChI=1S/C32H40SSi3.2Li/c1-9-11-18-36(19-12-10-2)23-15-13-14-21-22-16-17-24(34(3,4)5)31-28(22)30-29(27(21)23)25(36)20-26(32(30)33-31)35(6,7)8;;/h13,15,17,20H,9-12,18-19H2,1-8H3;;/q-2;2*+1. The van der Waals surface area contributed by atoms with Crippen molar-refractivity contribution in [2.24, 2.45) is 0 Å².